The van der Waals surface area contributed by atoms with Crippen molar-refractivity contribution in [3.63, 3.8) is 0 Å². The van der Waals surface area contributed by atoms with Gasteiger partial charge >= 0.3 is 0 Å². The molecule has 2 aromatic carbocycles. The van der Waals surface area contributed by atoms with E-state index in [4.69, 9.17) is 0 Å². The van der Waals surface area contributed by atoms with E-state index in [1.165, 1.54) is 5.56 Å². The lowest BCUT2D eigenvalue weighted by Crippen LogP contribution is -2.39. The van der Waals surface area contributed by atoms with Crippen molar-refractivity contribution >= 4 is 5.91 Å². The molecule has 0 N–H and O–H groups in total. The molecule has 0 radical (unpaired) electrons. The molecule has 0 saturated carbocycles. The van der Waals surface area contributed by atoms with Crippen molar-refractivity contribution in [1.29, 1.82) is 0 Å². The molecule has 0 aliphatic carbocycles. The van der Waals surface area contributed by atoms with Crippen LogP contribution in [0.1, 0.15) is 21.6 Å². The van der Waals surface area contributed by atoms with Gasteiger partial charge in [0, 0.05) is 18.7 Å². The minimum Gasteiger partial charge on any atom is -0.331 e. The minimum absolute atomic E-state index is 0.0518. The molecule has 0 unspecified atom stereocenters. The van der Waals surface area contributed by atoms with Gasteiger partial charge in [0.05, 0.1) is 12.2 Å². The number of nitrogens with zero attached hydrogens (tertiary/aromatic N) is 3. The van der Waals surface area contributed by atoms with E-state index >= 15 is 0 Å². The number of hydrogen-bond donors (Lipinski definition) is 0. The maximum Gasteiger partial charge on any atom is 0.272 e. The number of carbonyl (C=O) groups excluding carboxylic acids is 1. The smallest absolute Gasteiger partial charge is 0.272 e. The monoisotopic (exact) mass is 317 g/mol. The van der Waals surface area contributed by atoms with E-state index in [9.17, 15) is 4.79 Å². The quantitative estimate of drug-likeness (QED) is 0.741. The third kappa shape index (κ3) is 2.71. The topological polar surface area (TPSA) is 38.1 Å². The van der Waals surface area contributed by atoms with E-state index in [1.807, 2.05) is 33.8 Å². The Labute approximate surface area is 141 Å². The second-order valence-corrected chi connectivity index (χ2v) is 6.22. The molecular formula is C20H19N3O. The summed E-state index contributed by atoms with van der Waals surface area (Å²) in [5, 5.41) is 4.61. The van der Waals surface area contributed by atoms with Gasteiger partial charge in [-0.2, -0.15) is 5.10 Å². The summed E-state index contributed by atoms with van der Waals surface area (Å²) in [4.78, 5) is 14.7. The van der Waals surface area contributed by atoms with E-state index in [0.29, 0.717) is 18.8 Å². The van der Waals surface area contributed by atoms with Crippen molar-refractivity contribution in [3.05, 3.63) is 77.5 Å². The second-order valence-electron chi connectivity index (χ2n) is 6.22. The average molecular weight is 317 g/mol. The number of aryl methyl sites for hydroxylation is 1. The Balaban J connectivity index is 1.60. The van der Waals surface area contributed by atoms with Gasteiger partial charge < -0.3 is 4.90 Å². The van der Waals surface area contributed by atoms with E-state index in [2.05, 4.69) is 48.4 Å². The van der Waals surface area contributed by atoms with Gasteiger partial charge in [0.2, 0.25) is 0 Å². The van der Waals surface area contributed by atoms with Crippen molar-refractivity contribution in [1.82, 2.24) is 14.7 Å². The highest BCUT2D eigenvalue weighted by atomic mass is 16.2. The predicted octanol–water partition coefficient (Wildman–Crippen LogP) is 3.51. The molecule has 4 rings (SSSR count). The highest BCUT2D eigenvalue weighted by Gasteiger charge is 2.26. The molecule has 0 saturated heterocycles. The maximum atomic E-state index is 12.8. The van der Waals surface area contributed by atoms with Gasteiger partial charge in [0.25, 0.3) is 5.91 Å². The summed E-state index contributed by atoms with van der Waals surface area (Å²) in [6, 6.07) is 20.2. The molecule has 0 spiro atoms. The average Bonchev–Trinajstić information content (AvgIpc) is 3.04. The largest absolute Gasteiger partial charge is 0.331 e. The number of hydrogen-bond acceptors (Lipinski definition) is 2. The molecule has 1 aromatic heterocycles. The number of fused-ring (bicyclic) bond motifs is 1. The Morgan fingerprint density at radius 2 is 1.75 bits per heavy atom. The summed E-state index contributed by atoms with van der Waals surface area (Å²) < 4.78 is 1.83. The van der Waals surface area contributed by atoms with Crippen LogP contribution in [0.3, 0.4) is 0 Å². The second kappa shape index (κ2) is 5.96. The van der Waals surface area contributed by atoms with Crippen LogP contribution in [0.5, 0.6) is 0 Å². The van der Waals surface area contributed by atoms with Gasteiger partial charge in [0.1, 0.15) is 5.69 Å². The maximum absolute atomic E-state index is 12.8. The third-order valence-corrected chi connectivity index (χ3v) is 4.43. The van der Waals surface area contributed by atoms with Gasteiger partial charge in [0.15, 0.2) is 0 Å². The summed E-state index contributed by atoms with van der Waals surface area (Å²) in [5.41, 5.74) is 4.95. The zero-order valence-corrected chi connectivity index (χ0v) is 13.6. The normalized spacial score (nSPS) is 13.9. The Kier molecular flexibility index (Phi) is 3.65. The molecule has 4 nitrogen and oxygen atoms in total. The van der Waals surface area contributed by atoms with Gasteiger partial charge in [-0.15, -0.1) is 0 Å². The SMILES string of the molecule is Cc1ccc(-c2cc3n(n2)CCN(Cc2ccccc2)C3=O)cc1. The minimum atomic E-state index is 0.0518. The molecule has 1 aliphatic heterocycles. The molecule has 1 aliphatic rings. The number of aromatic nitrogens is 2. The number of amides is 1. The lowest BCUT2D eigenvalue weighted by molar-refractivity contribution is 0.0683. The zero-order chi connectivity index (χ0) is 16.5. The number of carbonyl (C=O) groups is 1. The standard InChI is InChI=1S/C20H19N3O/c1-15-7-9-17(10-8-15)18-13-19-20(24)22(11-12-23(19)21-18)14-16-5-3-2-4-6-16/h2-10,13H,11-12,14H2,1H3. The molecule has 24 heavy (non-hydrogen) atoms. The Morgan fingerprint density at radius 1 is 1.00 bits per heavy atom. The first kappa shape index (κ1) is 14.7. The van der Waals surface area contributed by atoms with E-state index in [0.717, 1.165) is 23.4 Å². The molecule has 2 heterocycles. The van der Waals surface area contributed by atoms with Crippen molar-refractivity contribution in [2.24, 2.45) is 0 Å². The molecule has 0 atom stereocenters. The summed E-state index contributed by atoms with van der Waals surface area (Å²) in [6.07, 6.45) is 0. The Hall–Kier alpha value is -2.88. The molecular weight excluding hydrogens is 298 g/mol. The van der Waals surface area contributed by atoms with Crippen molar-refractivity contribution < 1.29 is 4.79 Å². The van der Waals surface area contributed by atoms with Crippen LogP contribution in [0.15, 0.2) is 60.7 Å². The molecule has 0 fully saturated rings. The molecule has 0 bridgehead atoms. The predicted molar refractivity (Wildman–Crippen MR) is 93.6 cm³/mol. The van der Waals surface area contributed by atoms with Crippen LogP contribution in [-0.2, 0) is 13.1 Å². The van der Waals surface area contributed by atoms with E-state index < -0.39 is 0 Å². The first-order valence-electron chi connectivity index (χ1n) is 8.19. The first-order valence-corrected chi connectivity index (χ1v) is 8.19. The number of rotatable bonds is 3. The van der Waals surface area contributed by atoms with Crippen LogP contribution in [0, 0.1) is 6.92 Å². The summed E-state index contributed by atoms with van der Waals surface area (Å²) in [5.74, 6) is 0.0518. The lowest BCUT2D eigenvalue weighted by atomic mass is 10.1. The highest BCUT2D eigenvalue weighted by molar-refractivity contribution is 5.94. The Bertz CT molecular complexity index is 866. The molecule has 120 valence electrons. The lowest BCUT2D eigenvalue weighted by Gasteiger charge is -2.27. The van der Waals surface area contributed by atoms with Crippen LogP contribution in [0.2, 0.25) is 0 Å². The van der Waals surface area contributed by atoms with Gasteiger partial charge in [-0.3, -0.25) is 9.48 Å². The summed E-state index contributed by atoms with van der Waals surface area (Å²) >= 11 is 0. The van der Waals surface area contributed by atoms with Gasteiger partial charge in [-0.25, -0.2) is 0 Å². The number of benzene rings is 2. The van der Waals surface area contributed by atoms with Crippen LogP contribution >= 0.6 is 0 Å². The summed E-state index contributed by atoms with van der Waals surface area (Å²) in [7, 11) is 0. The van der Waals surface area contributed by atoms with Crippen LogP contribution < -0.4 is 0 Å². The van der Waals surface area contributed by atoms with Crippen LogP contribution in [0.25, 0.3) is 11.3 Å². The molecule has 4 heteroatoms. The van der Waals surface area contributed by atoms with Crippen LogP contribution in [0.4, 0.5) is 0 Å². The Morgan fingerprint density at radius 3 is 2.50 bits per heavy atom. The van der Waals surface area contributed by atoms with E-state index in [-0.39, 0.29) is 5.91 Å². The summed E-state index contributed by atoms with van der Waals surface area (Å²) in [6.45, 7) is 4.13. The van der Waals surface area contributed by atoms with E-state index in [1.54, 1.807) is 0 Å². The zero-order valence-electron chi connectivity index (χ0n) is 13.6. The fourth-order valence-corrected chi connectivity index (χ4v) is 3.06. The van der Waals surface area contributed by atoms with Crippen molar-refractivity contribution in [3.8, 4) is 11.3 Å². The highest BCUT2D eigenvalue weighted by Crippen LogP contribution is 2.23. The fourth-order valence-electron chi connectivity index (χ4n) is 3.06. The van der Waals surface area contributed by atoms with Crippen LogP contribution in [-0.4, -0.2) is 27.1 Å². The first-order chi connectivity index (χ1) is 11.7. The third-order valence-electron chi connectivity index (χ3n) is 4.43. The van der Waals surface area contributed by atoms with Gasteiger partial charge in [-0.05, 0) is 18.6 Å². The fraction of sp³-hybridized carbons (Fsp3) is 0.200. The molecule has 3 aromatic rings. The van der Waals surface area contributed by atoms with Crippen molar-refractivity contribution in [2.45, 2.75) is 20.0 Å². The van der Waals surface area contributed by atoms with Gasteiger partial charge in [-0.1, -0.05) is 60.2 Å². The van der Waals surface area contributed by atoms with Crippen molar-refractivity contribution in [2.75, 3.05) is 6.54 Å². The molecule has 1 amide bonds.